The van der Waals surface area contributed by atoms with Gasteiger partial charge in [-0.25, -0.2) is 4.79 Å². The summed E-state index contributed by atoms with van der Waals surface area (Å²) in [6.45, 7) is 1.65. The standard InChI is InChI=1S/C26H18F5NO5/c1-13-2-4-18(12-19(13)14-8-15(22(33)34)10-17(9-14)25(27,28)29)32-23(35)24(6-7-24)16-3-5-20-21(11-16)37-26(30,31)36-20/h2-5,8-12H,6-7H2,1H3,(H,32,35)(H,33,34). The quantitative estimate of drug-likeness (QED) is 0.383. The van der Waals surface area contributed by atoms with Gasteiger partial charge in [-0.3, -0.25) is 4.79 Å². The summed E-state index contributed by atoms with van der Waals surface area (Å²) in [5, 5.41) is 12.0. The van der Waals surface area contributed by atoms with Crippen LogP contribution in [0.4, 0.5) is 27.6 Å². The number of carbonyl (C=O) groups excluding carboxylic acids is 1. The van der Waals surface area contributed by atoms with E-state index in [9.17, 15) is 36.6 Å². The van der Waals surface area contributed by atoms with Crippen LogP contribution >= 0.6 is 0 Å². The fourth-order valence-electron chi connectivity index (χ4n) is 4.35. The van der Waals surface area contributed by atoms with Crippen molar-refractivity contribution < 1.29 is 46.1 Å². The summed E-state index contributed by atoms with van der Waals surface area (Å²) in [6.07, 6.45) is -7.65. The number of aryl methyl sites for hydroxylation is 1. The number of carboxylic acid groups (broad SMARTS) is 1. The average molecular weight is 519 g/mol. The Morgan fingerprint density at radius 3 is 2.30 bits per heavy atom. The molecule has 1 saturated carbocycles. The van der Waals surface area contributed by atoms with E-state index in [0.29, 0.717) is 35.6 Å². The molecular weight excluding hydrogens is 501 g/mol. The Morgan fingerprint density at radius 1 is 0.946 bits per heavy atom. The van der Waals surface area contributed by atoms with Crippen LogP contribution in [-0.2, 0) is 16.4 Å². The largest absolute Gasteiger partial charge is 0.586 e. The molecule has 6 nitrogen and oxygen atoms in total. The molecule has 5 rings (SSSR count). The van der Waals surface area contributed by atoms with Crippen molar-refractivity contribution in [1.29, 1.82) is 0 Å². The number of alkyl halides is 5. The summed E-state index contributed by atoms with van der Waals surface area (Å²) >= 11 is 0. The molecule has 0 saturated heterocycles. The van der Waals surface area contributed by atoms with Gasteiger partial charge in [-0.15, -0.1) is 8.78 Å². The maximum atomic E-state index is 13.4. The number of hydrogen-bond acceptors (Lipinski definition) is 4. The number of anilines is 1. The second-order valence-electron chi connectivity index (χ2n) is 9.00. The van der Waals surface area contributed by atoms with Crippen molar-refractivity contribution >= 4 is 17.6 Å². The lowest BCUT2D eigenvalue weighted by molar-refractivity contribution is -0.286. The Kier molecular flexibility index (Phi) is 5.43. The van der Waals surface area contributed by atoms with Gasteiger partial charge in [0.2, 0.25) is 5.91 Å². The molecule has 3 aromatic rings. The van der Waals surface area contributed by atoms with Gasteiger partial charge >= 0.3 is 18.4 Å². The molecular formula is C26H18F5NO5. The van der Waals surface area contributed by atoms with E-state index < -0.39 is 40.9 Å². The zero-order valence-electron chi connectivity index (χ0n) is 19.1. The van der Waals surface area contributed by atoms with E-state index in [4.69, 9.17) is 0 Å². The Morgan fingerprint density at radius 2 is 1.65 bits per heavy atom. The second-order valence-corrected chi connectivity index (χ2v) is 9.00. The minimum atomic E-state index is -4.76. The summed E-state index contributed by atoms with van der Waals surface area (Å²) in [5.74, 6) is -2.26. The van der Waals surface area contributed by atoms with Gasteiger partial charge in [-0.1, -0.05) is 12.1 Å². The molecule has 1 heterocycles. The number of hydrogen-bond donors (Lipinski definition) is 2. The molecule has 0 atom stereocenters. The highest BCUT2D eigenvalue weighted by Crippen LogP contribution is 2.52. The molecule has 1 aliphatic carbocycles. The van der Waals surface area contributed by atoms with E-state index in [-0.39, 0.29) is 22.7 Å². The van der Waals surface area contributed by atoms with Gasteiger partial charge in [0.15, 0.2) is 11.5 Å². The van der Waals surface area contributed by atoms with Gasteiger partial charge < -0.3 is 19.9 Å². The molecule has 1 amide bonds. The molecule has 0 unspecified atom stereocenters. The molecule has 3 aromatic carbocycles. The first-order valence-corrected chi connectivity index (χ1v) is 11.1. The molecule has 192 valence electrons. The van der Waals surface area contributed by atoms with E-state index in [1.165, 1.54) is 24.3 Å². The van der Waals surface area contributed by atoms with Crippen LogP contribution in [0.1, 0.15) is 39.9 Å². The highest BCUT2D eigenvalue weighted by Gasteiger charge is 2.52. The fraction of sp³-hybridized carbons (Fsp3) is 0.231. The molecule has 1 fully saturated rings. The molecule has 2 aliphatic rings. The molecule has 0 aromatic heterocycles. The number of carbonyl (C=O) groups is 2. The molecule has 37 heavy (non-hydrogen) atoms. The maximum absolute atomic E-state index is 13.4. The van der Waals surface area contributed by atoms with Crippen LogP contribution in [0.3, 0.4) is 0 Å². The number of nitrogens with one attached hydrogen (secondary N) is 1. The fourth-order valence-corrected chi connectivity index (χ4v) is 4.35. The Hall–Kier alpha value is -4.15. The smallest absolute Gasteiger partial charge is 0.478 e. The Balaban J connectivity index is 1.45. The zero-order chi connectivity index (χ0) is 26.8. The van der Waals surface area contributed by atoms with Crippen molar-refractivity contribution in [3.63, 3.8) is 0 Å². The summed E-state index contributed by atoms with van der Waals surface area (Å²) in [7, 11) is 0. The number of fused-ring (bicyclic) bond motifs is 1. The first-order chi connectivity index (χ1) is 17.3. The van der Waals surface area contributed by atoms with E-state index in [1.807, 2.05) is 0 Å². The molecule has 2 N–H and O–H groups in total. The van der Waals surface area contributed by atoms with E-state index in [1.54, 1.807) is 19.1 Å². The molecule has 0 spiro atoms. The molecule has 0 radical (unpaired) electrons. The number of aromatic carboxylic acids is 1. The van der Waals surface area contributed by atoms with Gasteiger partial charge in [0.05, 0.1) is 16.5 Å². The number of carboxylic acids is 1. The zero-order valence-corrected chi connectivity index (χ0v) is 19.1. The lowest BCUT2D eigenvalue weighted by Gasteiger charge is -2.18. The number of amides is 1. The van der Waals surface area contributed by atoms with E-state index in [0.717, 1.165) is 12.1 Å². The van der Waals surface area contributed by atoms with Crippen molar-refractivity contribution in [2.75, 3.05) is 5.32 Å². The number of halogens is 5. The van der Waals surface area contributed by atoms with E-state index in [2.05, 4.69) is 14.8 Å². The summed E-state index contributed by atoms with van der Waals surface area (Å²) in [6, 6.07) is 11.3. The molecule has 11 heteroatoms. The van der Waals surface area contributed by atoms with Crippen LogP contribution < -0.4 is 14.8 Å². The van der Waals surface area contributed by atoms with Gasteiger partial charge in [-0.05, 0) is 84.5 Å². The normalized spacial score (nSPS) is 16.8. The first-order valence-electron chi connectivity index (χ1n) is 11.1. The predicted octanol–water partition coefficient (Wildman–Crippen LogP) is 6.37. The van der Waals surface area contributed by atoms with Crippen molar-refractivity contribution in [1.82, 2.24) is 0 Å². The monoisotopic (exact) mass is 519 g/mol. The molecule has 1 aliphatic heterocycles. The number of ether oxygens (including phenoxy) is 2. The number of rotatable bonds is 5. The van der Waals surface area contributed by atoms with Crippen LogP contribution in [0.25, 0.3) is 11.1 Å². The lowest BCUT2D eigenvalue weighted by Crippen LogP contribution is -2.28. The average Bonchev–Trinajstić information content (AvgIpc) is 3.56. The SMILES string of the molecule is Cc1ccc(NC(=O)C2(c3ccc4c(c3)OC(F)(F)O4)CC2)cc1-c1cc(C(=O)O)cc(C(F)(F)F)c1. The van der Waals surface area contributed by atoms with Gasteiger partial charge in [0, 0.05) is 5.69 Å². The Bertz CT molecular complexity index is 1450. The lowest BCUT2D eigenvalue weighted by atomic mass is 9.93. The number of benzene rings is 3. The minimum absolute atomic E-state index is 0.0265. The maximum Gasteiger partial charge on any atom is 0.586 e. The third kappa shape index (κ3) is 4.56. The highest BCUT2D eigenvalue weighted by molar-refractivity contribution is 6.02. The third-order valence-corrected chi connectivity index (χ3v) is 6.45. The van der Waals surface area contributed by atoms with Crippen LogP contribution in [0.5, 0.6) is 11.5 Å². The summed E-state index contributed by atoms with van der Waals surface area (Å²) < 4.78 is 75.8. The first kappa shape index (κ1) is 24.5. The van der Waals surface area contributed by atoms with Crippen LogP contribution in [-0.4, -0.2) is 23.3 Å². The van der Waals surface area contributed by atoms with Crippen molar-refractivity contribution in [2.24, 2.45) is 0 Å². The summed E-state index contributed by atoms with van der Waals surface area (Å²) in [4.78, 5) is 24.7. The van der Waals surface area contributed by atoms with Crippen molar-refractivity contribution in [3.05, 3.63) is 76.9 Å². The van der Waals surface area contributed by atoms with Gasteiger partial charge in [-0.2, -0.15) is 13.2 Å². The van der Waals surface area contributed by atoms with E-state index >= 15 is 0 Å². The minimum Gasteiger partial charge on any atom is -0.478 e. The van der Waals surface area contributed by atoms with Crippen LogP contribution in [0, 0.1) is 6.92 Å². The van der Waals surface area contributed by atoms with Gasteiger partial charge in [0.1, 0.15) is 0 Å². The Labute approximate surface area is 206 Å². The third-order valence-electron chi connectivity index (χ3n) is 6.45. The predicted molar refractivity (Wildman–Crippen MR) is 121 cm³/mol. The molecule has 0 bridgehead atoms. The van der Waals surface area contributed by atoms with Gasteiger partial charge in [0.25, 0.3) is 0 Å². The van der Waals surface area contributed by atoms with Crippen molar-refractivity contribution in [2.45, 2.75) is 37.7 Å². The topological polar surface area (TPSA) is 84.9 Å². The van der Waals surface area contributed by atoms with Crippen LogP contribution in [0.2, 0.25) is 0 Å². The van der Waals surface area contributed by atoms with Crippen LogP contribution in [0.15, 0.2) is 54.6 Å². The highest BCUT2D eigenvalue weighted by atomic mass is 19.4. The summed E-state index contributed by atoms with van der Waals surface area (Å²) in [5.41, 5.74) is -0.995. The second kappa shape index (κ2) is 8.19. The van der Waals surface area contributed by atoms with Crippen molar-refractivity contribution in [3.8, 4) is 22.6 Å².